The summed E-state index contributed by atoms with van der Waals surface area (Å²) in [6, 6.07) is 7.66. The summed E-state index contributed by atoms with van der Waals surface area (Å²) in [7, 11) is 0. The van der Waals surface area contributed by atoms with E-state index in [2.05, 4.69) is 32.3 Å². The van der Waals surface area contributed by atoms with Crippen molar-refractivity contribution in [2.75, 3.05) is 17.6 Å². The van der Waals surface area contributed by atoms with Crippen molar-refractivity contribution in [3.63, 3.8) is 0 Å². The third-order valence-corrected chi connectivity index (χ3v) is 5.42. The van der Waals surface area contributed by atoms with Crippen LogP contribution in [0.3, 0.4) is 0 Å². The number of para-hydroxylation sites is 1. The fourth-order valence-corrected chi connectivity index (χ4v) is 3.69. The number of hydrogen-bond donors (Lipinski definition) is 2. The molecule has 1 aromatic carbocycles. The monoisotopic (exact) mass is 387 g/mol. The first-order valence-electron chi connectivity index (χ1n) is 9.32. The van der Waals surface area contributed by atoms with Gasteiger partial charge < -0.3 is 15.2 Å². The van der Waals surface area contributed by atoms with E-state index in [1.807, 2.05) is 31.2 Å². The minimum absolute atomic E-state index is 0.0504. The Morgan fingerprint density at radius 3 is 2.67 bits per heavy atom. The number of carbonyl (C=O) groups excluding carboxylic acids is 2. The van der Waals surface area contributed by atoms with E-state index in [-0.39, 0.29) is 24.1 Å². The van der Waals surface area contributed by atoms with Crippen LogP contribution in [0.1, 0.15) is 44.0 Å². The molecular formula is C19H25N5O2S. The molecule has 1 fully saturated rings. The van der Waals surface area contributed by atoms with E-state index in [0.717, 1.165) is 35.2 Å². The van der Waals surface area contributed by atoms with E-state index in [0.29, 0.717) is 5.92 Å². The van der Waals surface area contributed by atoms with Crippen molar-refractivity contribution in [2.24, 2.45) is 0 Å². The van der Waals surface area contributed by atoms with E-state index in [4.69, 9.17) is 0 Å². The van der Waals surface area contributed by atoms with Gasteiger partial charge in [-0.2, -0.15) is 0 Å². The van der Waals surface area contributed by atoms with Gasteiger partial charge in [0, 0.05) is 18.2 Å². The van der Waals surface area contributed by atoms with Gasteiger partial charge in [0.25, 0.3) is 0 Å². The van der Waals surface area contributed by atoms with E-state index >= 15 is 0 Å². The number of thioether (sulfide) groups is 1. The summed E-state index contributed by atoms with van der Waals surface area (Å²) in [6.45, 7) is 4.83. The van der Waals surface area contributed by atoms with Gasteiger partial charge in [-0.3, -0.25) is 9.59 Å². The molecule has 1 heterocycles. The Balaban J connectivity index is 1.45. The van der Waals surface area contributed by atoms with Crippen LogP contribution >= 0.6 is 11.8 Å². The minimum Gasteiger partial charge on any atom is -0.346 e. The molecule has 0 radical (unpaired) electrons. The van der Waals surface area contributed by atoms with Gasteiger partial charge in [-0.1, -0.05) is 36.9 Å². The molecule has 3 rings (SSSR count). The number of aromatic nitrogens is 3. The molecule has 0 unspecified atom stereocenters. The maximum Gasteiger partial charge on any atom is 0.243 e. The van der Waals surface area contributed by atoms with Crippen molar-refractivity contribution in [3.8, 4) is 0 Å². The van der Waals surface area contributed by atoms with Crippen LogP contribution in [-0.4, -0.2) is 38.9 Å². The van der Waals surface area contributed by atoms with Crippen molar-refractivity contribution < 1.29 is 9.59 Å². The van der Waals surface area contributed by atoms with Gasteiger partial charge in [-0.05, 0) is 37.8 Å². The number of carbonyl (C=O) groups is 2. The Bertz CT molecular complexity index is 816. The summed E-state index contributed by atoms with van der Waals surface area (Å²) >= 11 is 1.35. The van der Waals surface area contributed by atoms with Gasteiger partial charge in [-0.15, -0.1) is 10.2 Å². The number of nitrogens with one attached hydrogen (secondary N) is 2. The molecule has 0 aliphatic heterocycles. The minimum atomic E-state index is -0.234. The molecule has 1 aromatic heterocycles. The van der Waals surface area contributed by atoms with Gasteiger partial charge in [0.15, 0.2) is 5.16 Å². The average Bonchev–Trinajstić information content (AvgIpc) is 3.44. The number of amides is 2. The molecule has 0 atom stereocenters. The highest BCUT2D eigenvalue weighted by molar-refractivity contribution is 7.99. The largest absolute Gasteiger partial charge is 0.346 e. The van der Waals surface area contributed by atoms with Gasteiger partial charge in [-0.25, -0.2) is 0 Å². The highest BCUT2D eigenvalue weighted by atomic mass is 32.2. The van der Waals surface area contributed by atoms with Crippen LogP contribution < -0.4 is 10.6 Å². The van der Waals surface area contributed by atoms with Crippen LogP contribution in [0.25, 0.3) is 0 Å². The number of hydrogen-bond acceptors (Lipinski definition) is 5. The van der Waals surface area contributed by atoms with Crippen molar-refractivity contribution in [2.45, 2.75) is 50.7 Å². The molecular weight excluding hydrogens is 362 g/mol. The molecule has 7 nitrogen and oxygen atoms in total. The lowest BCUT2D eigenvalue weighted by molar-refractivity contribution is -0.122. The zero-order chi connectivity index (χ0) is 19.2. The molecule has 27 heavy (non-hydrogen) atoms. The molecule has 144 valence electrons. The van der Waals surface area contributed by atoms with E-state index < -0.39 is 0 Å². The van der Waals surface area contributed by atoms with Crippen LogP contribution in [0.5, 0.6) is 0 Å². The lowest BCUT2D eigenvalue weighted by atomic mass is 10.1. The third-order valence-electron chi connectivity index (χ3n) is 4.46. The van der Waals surface area contributed by atoms with Crippen molar-refractivity contribution in [1.82, 2.24) is 20.1 Å². The molecule has 1 aliphatic rings. The van der Waals surface area contributed by atoms with Crippen LogP contribution in [0.15, 0.2) is 29.4 Å². The van der Waals surface area contributed by atoms with Gasteiger partial charge in [0.05, 0.1) is 12.3 Å². The first kappa shape index (κ1) is 19.4. The number of rotatable bonds is 9. The number of nitrogens with zero attached hydrogens (tertiary/aromatic N) is 3. The van der Waals surface area contributed by atoms with E-state index in [1.54, 1.807) is 0 Å². The highest BCUT2D eigenvalue weighted by Gasteiger charge is 2.30. The van der Waals surface area contributed by atoms with Gasteiger partial charge in [0.2, 0.25) is 11.8 Å². The fourth-order valence-electron chi connectivity index (χ4n) is 2.85. The van der Waals surface area contributed by atoms with Crippen LogP contribution in [0.4, 0.5) is 5.69 Å². The average molecular weight is 388 g/mol. The Morgan fingerprint density at radius 1 is 1.19 bits per heavy atom. The molecule has 2 N–H and O–H groups in total. The Hall–Kier alpha value is -2.35. The van der Waals surface area contributed by atoms with Crippen molar-refractivity contribution in [3.05, 3.63) is 35.7 Å². The quantitative estimate of drug-likeness (QED) is 0.646. The first-order chi connectivity index (χ1) is 13.1. The zero-order valence-electron chi connectivity index (χ0n) is 15.7. The van der Waals surface area contributed by atoms with Crippen molar-refractivity contribution >= 4 is 29.3 Å². The standard InChI is InChI=1S/C19H25N5O2S/c1-3-13-7-5-6-8-15(13)21-16(25)11-20-17(26)12-27-19-23-22-18(14-9-10-14)24(19)4-2/h5-8,14H,3-4,9-12H2,1-2H3,(H,20,26)(H,21,25). The molecule has 0 saturated heterocycles. The Labute approximate surface area is 163 Å². The third kappa shape index (κ3) is 5.09. The number of benzene rings is 1. The maximum atomic E-state index is 12.1. The predicted octanol–water partition coefficient (Wildman–Crippen LogP) is 2.58. The highest BCUT2D eigenvalue weighted by Crippen LogP contribution is 2.39. The number of anilines is 1. The van der Waals surface area contributed by atoms with E-state index in [1.165, 1.54) is 24.6 Å². The lowest BCUT2D eigenvalue weighted by Crippen LogP contribution is -2.34. The zero-order valence-corrected chi connectivity index (χ0v) is 16.5. The first-order valence-corrected chi connectivity index (χ1v) is 10.3. The van der Waals surface area contributed by atoms with Gasteiger partial charge >= 0.3 is 0 Å². The lowest BCUT2D eigenvalue weighted by Gasteiger charge is -2.10. The number of aryl methyl sites for hydroxylation is 1. The molecule has 2 aromatic rings. The van der Waals surface area contributed by atoms with Crippen LogP contribution in [0, 0.1) is 0 Å². The second-order valence-electron chi connectivity index (χ2n) is 6.48. The molecule has 2 amide bonds. The van der Waals surface area contributed by atoms with Crippen LogP contribution in [-0.2, 0) is 22.6 Å². The molecule has 0 spiro atoms. The summed E-state index contributed by atoms with van der Waals surface area (Å²) in [5.41, 5.74) is 1.86. The Morgan fingerprint density at radius 2 is 1.96 bits per heavy atom. The van der Waals surface area contributed by atoms with Gasteiger partial charge in [0.1, 0.15) is 5.82 Å². The Kier molecular flexibility index (Phi) is 6.49. The SMILES string of the molecule is CCc1ccccc1NC(=O)CNC(=O)CSc1nnc(C2CC2)n1CC. The second kappa shape index (κ2) is 9.03. The fraction of sp³-hybridized carbons (Fsp3) is 0.474. The molecule has 0 bridgehead atoms. The maximum absolute atomic E-state index is 12.1. The normalized spacial score (nSPS) is 13.4. The molecule has 1 aliphatic carbocycles. The topological polar surface area (TPSA) is 88.9 Å². The van der Waals surface area contributed by atoms with Crippen LogP contribution in [0.2, 0.25) is 0 Å². The summed E-state index contributed by atoms with van der Waals surface area (Å²) in [4.78, 5) is 24.2. The van der Waals surface area contributed by atoms with Crippen molar-refractivity contribution in [1.29, 1.82) is 0 Å². The smallest absolute Gasteiger partial charge is 0.243 e. The predicted molar refractivity (Wildman–Crippen MR) is 106 cm³/mol. The molecule has 1 saturated carbocycles. The van der Waals surface area contributed by atoms with E-state index in [9.17, 15) is 9.59 Å². The summed E-state index contributed by atoms with van der Waals surface area (Å²) in [5, 5.41) is 14.7. The summed E-state index contributed by atoms with van der Waals surface area (Å²) < 4.78 is 2.07. The second-order valence-corrected chi connectivity index (χ2v) is 7.43. The molecule has 8 heteroatoms. The summed E-state index contributed by atoms with van der Waals surface area (Å²) in [5.74, 6) is 1.32. The summed E-state index contributed by atoms with van der Waals surface area (Å²) in [6.07, 6.45) is 3.17.